The first-order chi connectivity index (χ1) is 19.6. The van der Waals surface area contributed by atoms with Crippen molar-refractivity contribution in [2.24, 2.45) is 0 Å². The minimum absolute atomic E-state index is 1.16. The number of benzene rings is 6. The van der Waals surface area contributed by atoms with E-state index in [1.54, 1.807) is 0 Å². The standard InChI is InChI=1S/C38H31NSi/c1-40(2)36-18-10-9-16-34(36)38-35(17-11-19-37(38)40)39(32-14-7-4-8-15-32)33-26-24-31(25-27-33)30-22-20-29(21-23-30)28-12-5-3-6-13-28/h3-27H,1-2H3. The maximum absolute atomic E-state index is 2.48. The van der Waals surface area contributed by atoms with Gasteiger partial charge in [0.1, 0.15) is 8.07 Å². The van der Waals surface area contributed by atoms with Crippen LogP contribution in [0.25, 0.3) is 33.4 Å². The molecule has 0 atom stereocenters. The Morgan fingerprint density at radius 3 is 1.52 bits per heavy atom. The lowest BCUT2D eigenvalue weighted by molar-refractivity contribution is 1.29. The zero-order valence-electron chi connectivity index (χ0n) is 22.9. The van der Waals surface area contributed by atoms with Crippen LogP contribution >= 0.6 is 0 Å². The van der Waals surface area contributed by atoms with E-state index in [-0.39, 0.29) is 0 Å². The Balaban J connectivity index is 1.31. The first-order valence-corrected chi connectivity index (χ1v) is 17.0. The molecule has 0 N–H and O–H groups in total. The summed E-state index contributed by atoms with van der Waals surface area (Å²) in [5.41, 5.74) is 11.3. The van der Waals surface area contributed by atoms with Gasteiger partial charge < -0.3 is 4.90 Å². The molecule has 1 aliphatic rings. The van der Waals surface area contributed by atoms with Gasteiger partial charge in [0.15, 0.2) is 0 Å². The van der Waals surface area contributed by atoms with Crippen LogP contribution in [0.4, 0.5) is 17.1 Å². The minimum atomic E-state index is -1.77. The molecular weight excluding hydrogens is 499 g/mol. The van der Waals surface area contributed by atoms with Crippen molar-refractivity contribution in [3.63, 3.8) is 0 Å². The second kappa shape index (κ2) is 9.82. The minimum Gasteiger partial charge on any atom is -0.310 e. The van der Waals surface area contributed by atoms with Crippen molar-refractivity contribution in [2.45, 2.75) is 13.1 Å². The number of fused-ring (bicyclic) bond motifs is 3. The highest BCUT2D eigenvalue weighted by Gasteiger charge is 2.39. The Morgan fingerprint density at radius 2 is 0.875 bits per heavy atom. The quantitative estimate of drug-likeness (QED) is 0.201. The molecule has 1 aliphatic heterocycles. The van der Waals surface area contributed by atoms with Crippen LogP contribution in [0.15, 0.2) is 152 Å². The average Bonchev–Trinajstić information content (AvgIpc) is 3.26. The van der Waals surface area contributed by atoms with Crippen molar-refractivity contribution in [1.82, 2.24) is 0 Å². The smallest absolute Gasteiger partial charge is 0.113 e. The van der Waals surface area contributed by atoms with E-state index in [0.29, 0.717) is 0 Å². The molecular formula is C38H31NSi. The zero-order chi connectivity index (χ0) is 27.1. The van der Waals surface area contributed by atoms with E-state index in [1.165, 1.54) is 55.1 Å². The maximum Gasteiger partial charge on any atom is 0.113 e. The molecule has 2 heteroatoms. The van der Waals surface area contributed by atoms with Gasteiger partial charge >= 0.3 is 0 Å². The van der Waals surface area contributed by atoms with Crippen LogP contribution in [0.5, 0.6) is 0 Å². The Kier molecular flexibility index (Phi) is 5.99. The monoisotopic (exact) mass is 529 g/mol. The van der Waals surface area contributed by atoms with E-state index in [9.17, 15) is 0 Å². The second-order valence-electron chi connectivity index (χ2n) is 11.0. The predicted molar refractivity (Wildman–Crippen MR) is 174 cm³/mol. The molecule has 6 aromatic carbocycles. The summed E-state index contributed by atoms with van der Waals surface area (Å²) < 4.78 is 0. The molecule has 0 saturated heterocycles. The van der Waals surface area contributed by atoms with E-state index >= 15 is 0 Å². The summed E-state index contributed by atoms with van der Waals surface area (Å²) in [4.78, 5) is 2.42. The Bertz CT molecular complexity index is 1790. The summed E-state index contributed by atoms with van der Waals surface area (Å²) in [6.07, 6.45) is 0. The van der Waals surface area contributed by atoms with Gasteiger partial charge in [-0.05, 0) is 68.5 Å². The van der Waals surface area contributed by atoms with Crippen LogP contribution in [0.1, 0.15) is 0 Å². The van der Waals surface area contributed by atoms with Crippen molar-refractivity contribution in [3.8, 4) is 33.4 Å². The van der Waals surface area contributed by atoms with Crippen molar-refractivity contribution < 1.29 is 0 Å². The van der Waals surface area contributed by atoms with Gasteiger partial charge in [-0.2, -0.15) is 0 Å². The highest BCUT2D eigenvalue weighted by atomic mass is 28.3. The normalized spacial score (nSPS) is 12.9. The SMILES string of the molecule is C[Si]1(C)c2ccccc2-c2c(N(c3ccccc3)c3ccc(-c4ccc(-c5ccccc5)cc4)cc3)cccc21. The van der Waals surface area contributed by atoms with Crippen molar-refractivity contribution >= 4 is 35.5 Å². The molecule has 0 radical (unpaired) electrons. The fourth-order valence-electron chi connectivity index (χ4n) is 6.21. The Hall–Kier alpha value is -4.66. The molecule has 7 rings (SSSR count). The lowest BCUT2D eigenvalue weighted by Gasteiger charge is -2.28. The van der Waals surface area contributed by atoms with Crippen molar-refractivity contribution in [1.29, 1.82) is 0 Å². The number of rotatable bonds is 5. The topological polar surface area (TPSA) is 3.24 Å². The molecule has 1 nitrogen and oxygen atoms in total. The summed E-state index contributed by atoms with van der Waals surface area (Å²) in [6, 6.07) is 55.1. The van der Waals surface area contributed by atoms with Crippen LogP contribution in [-0.2, 0) is 0 Å². The molecule has 0 aromatic heterocycles. The number of hydrogen-bond acceptors (Lipinski definition) is 1. The fourth-order valence-corrected chi connectivity index (χ4v) is 9.30. The second-order valence-corrected chi connectivity index (χ2v) is 15.4. The number of nitrogens with zero attached hydrogens (tertiary/aromatic N) is 1. The summed E-state index contributed by atoms with van der Waals surface area (Å²) in [5.74, 6) is 0. The van der Waals surface area contributed by atoms with Crippen molar-refractivity contribution in [2.75, 3.05) is 4.90 Å². The van der Waals surface area contributed by atoms with Crippen LogP contribution < -0.4 is 15.3 Å². The van der Waals surface area contributed by atoms with E-state index < -0.39 is 8.07 Å². The van der Waals surface area contributed by atoms with Crippen LogP contribution in [0, 0.1) is 0 Å². The first kappa shape index (κ1) is 24.4. The van der Waals surface area contributed by atoms with Crippen LogP contribution in [0.3, 0.4) is 0 Å². The van der Waals surface area contributed by atoms with Crippen molar-refractivity contribution in [3.05, 3.63) is 152 Å². The molecule has 0 spiro atoms. The molecule has 0 saturated carbocycles. The predicted octanol–water partition coefficient (Wildman–Crippen LogP) is 9.29. The van der Waals surface area contributed by atoms with Gasteiger partial charge in [0.05, 0.1) is 5.69 Å². The molecule has 0 unspecified atom stereocenters. The van der Waals surface area contributed by atoms with E-state index in [4.69, 9.17) is 0 Å². The summed E-state index contributed by atoms with van der Waals surface area (Å²) in [5, 5.41) is 3.04. The summed E-state index contributed by atoms with van der Waals surface area (Å²) in [7, 11) is -1.77. The number of para-hydroxylation sites is 1. The van der Waals surface area contributed by atoms with Gasteiger partial charge in [0.2, 0.25) is 0 Å². The molecule has 1 heterocycles. The Labute approximate surface area is 238 Å². The van der Waals surface area contributed by atoms with E-state index in [0.717, 1.165) is 5.69 Å². The maximum atomic E-state index is 2.48. The van der Waals surface area contributed by atoms with Crippen LogP contribution in [0.2, 0.25) is 13.1 Å². The zero-order valence-corrected chi connectivity index (χ0v) is 23.9. The third-order valence-electron chi connectivity index (χ3n) is 8.29. The third kappa shape index (κ3) is 4.09. The largest absolute Gasteiger partial charge is 0.310 e. The molecule has 0 aliphatic carbocycles. The molecule has 192 valence electrons. The average molecular weight is 530 g/mol. The molecule has 0 amide bonds. The van der Waals surface area contributed by atoms with E-state index in [2.05, 4.69) is 170 Å². The molecule has 40 heavy (non-hydrogen) atoms. The Morgan fingerprint density at radius 1 is 0.400 bits per heavy atom. The summed E-state index contributed by atoms with van der Waals surface area (Å²) >= 11 is 0. The fraction of sp³-hybridized carbons (Fsp3) is 0.0526. The van der Waals surface area contributed by atoms with Gasteiger partial charge in [-0.15, -0.1) is 0 Å². The van der Waals surface area contributed by atoms with Gasteiger partial charge in [-0.3, -0.25) is 0 Å². The number of anilines is 3. The van der Waals surface area contributed by atoms with Gasteiger partial charge in [0.25, 0.3) is 0 Å². The molecule has 6 aromatic rings. The van der Waals surface area contributed by atoms with Gasteiger partial charge in [-0.25, -0.2) is 0 Å². The lowest BCUT2D eigenvalue weighted by atomic mass is 9.99. The summed E-state index contributed by atoms with van der Waals surface area (Å²) in [6.45, 7) is 4.96. The number of hydrogen-bond donors (Lipinski definition) is 0. The highest BCUT2D eigenvalue weighted by Crippen LogP contribution is 2.43. The lowest BCUT2D eigenvalue weighted by Crippen LogP contribution is -2.49. The van der Waals surface area contributed by atoms with Crippen LogP contribution in [-0.4, -0.2) is 8.07 Å². The van der Waals surface area contributed by atoms with Gasteiger partial charge in [-0.1, -0.05) is 134 Å². The van der Waals surface area contributed by atoms with E-state index in [1.807, 2.05) is 0 Å². The third-order valence-corrected chi connectivity index (χ3v) is 11.8. The molecule has 0 bridgehead atoms. The molecule has 0 fully saturated rings. The van der Waals surface area contributed by atoms with Gasteiger partial charge in [0, 0.05) is 16.9 Å². The first-order valence-electron chi connectivity index (χ1n) is 14.0. The highest BCUT2D eigenvalue weighted by molar-refractivity contribution is 7.04.